The molecule has 1 atom stereocenters. The first-order valence-corrected chi connectivity index (χ1v) is 6.23. The summed E-state index contributed by atoms with van der Waals surface area (Å²) in [4.78, 5) is 16.0. The smallest absolute Gasteiger partial charge is 0.271 e. The van der Waals surface area contributed by atoms with Crippen LogP contribution in [0.15, 0.2) is 12.5 Å². The monoisotopic (exact) mass is 238 g/mol. The summed E-state index contributed by atoms with van der Waals surface area (Å²) in [6.45, 7) is 5.43. The Morgan fingerprint density at radius 1 is 1.59 bits per heavy atom. The van der Waals surface area contributed by atoms with E-state index < -0.39 is 0 Å². The van der Waals surface area contributed by atoms with Gasteiger partial charge in [0.15, 0.2) is 0 Å². The van der Waals surface area contributed by atoms with Crippen LogP contribution >= 0.6 is 0 Å². The Bertz CT molecular complexity index is 348. The van der Waals surface area contributed by atoms with Crippen LogP contribution in [0.2, 0.25) is 0 Å². The molecule has 1 amide bonds. The molecule has 0 aliphatic heterocycles. The standard InChI is InChI=1S/C12H22N4O/c1-3-5-10(4-2)15-12(17)11-8-16(7-6-13)9-14-11/h8-10H,3-7,13H2,1-2H3,(H,15,17). The molecule has 5 nitrogen and oxygen atoms in total. The Hall–Kier alpha value is -1.36. The molecule has 96 valence electrons. The average Bonchev–Trinajstić information content (AvgIpc) is 2.77. The molecule has 1 heterocycles. The zero-order valence-corrected chi connectivity index (χ0v) is 10.6. The SMILES string of the molecule is CCCC(CC)NC(=O)c1cn(CCN)cn1. The fourth-order valence-electron chi connectivity index (χ4n) is 1.73. The number of aromatic nitrogens is 2. The van der Waals surface area contributed by atoms with Crippen molar-refractivity contribution in [3.05, 3.63) is 18.2 Å². The highest BCUT2D eigenvalue weighted by Gasteiger charge is 2.13. The predicted molar refractivity (Wildman–Crippen MR) is 67.7 cm³/mol. The molecule has 0 aromatic carbocycles. The van der Waals surface area contributed by atoms with Gasteiger partial charge in [-0.05, 0) is 12.8 Å². The Kier molecular flexibility index (Phi) is 5.69. The number of amides is 1. The van der Waals surface area contributed by atoms with Crippen LogP contribution < -0.4 is 11.1 Å². The number of nitrogens with one attached hydrogen (secondary N) is 1. The lowest BCUT2D eigenvalue weighted by molar-refractivity contribution is 0.0929. The minimum absolute atomic E-state index is 0.0962. The number of carbonyl (C=O) groups is 1. The van der Waals surface area contributed by atoms with E-state index in [1.807, 2.05) is 4.57 Å². The Morgan fingerprint density at radius 2 is 2.35 bits per heavy atom. The lowest BCUT2D eigenvalue weighted by atomic mass is 10.1. The van der Waals surface area contributed by atoms with Crippen LogP contribution in [0.1, 0.15) is 43.6 Å². The van der Waals surface area contributed by atoms with E-state index in [9.17, 15) is 4.79 Å². The summed E-state index contributed by atoms with van der Waals surface area (Å²) in [7, 11) is 0. The topological polar surface area (TPSA) is 72.9 Å². The quantitative estimate of drug-likeness (QED) is 0.748. The molecule has 1 aromatic rings. The summed E-state index contributed by atoms with van der Waals surface area (Å²) < 4.78 is 1.83. The summed E-state index contributed by atoms with van der Waals surface area (Å²) in [5.41, 5.74) is 5.90. The average molecular weight is 238 g/mol. The summed E-state index contributed by atoms with van der Waals surface area (Å²) >= 11 is 0. The van der Waals surface area contributed by atoms with E-state index in [1.165, 1.54) is 0 Å². The third-order valence-corrected chi connectivity index (χ3v) is 2.72. The zero-order chi connectivity index (χ0) is 12.7. The van der Waals surface area contributed by atoms with E-state index in [0.717, 1.165) is 19.3 Å². The molecule has 5 heteroatoms. The molecule has 0 radical (unpaired) electrons. The van der Waals surface area contributed by atoms with Crippen LogP contribution in [0.4, 0.5) is 0 Å². The lowest BCUT2D eigenvalue weighted by Gasteiger charge is -2.14. The van der Waals surface area contributed by atoms with E-state index >= 15 is 0 Å². The van der Waals surface area contributed by atoms with Gasteiger partial charge in [0, 0.05) is 25.3 Å². The Morgan fingerprint density at radius 3 is 2.94 bits per heavy atom. The summed E-state index contributed by atoms with van der Waals surface area (Å²) in [5.74, 6) is -0.0962. The van der Waals surface area contributed by atoms with Gasteiger partial charge < -0.3 is 15.6 Å². The number of rotatable bonds is 7. The number of hydrogen-bond acceptors (Lipinski definition) is 3. The molecular weight excluding hydrogens is 216 g/mol. The second-order valence-corrected chi connectivity index (χ2v) is 4.15. The lowest BCUT2D eigenvalue weighted by Crippen LogP contribution is -2.34. The van der Waals surface area contributed by atoms with Crippen molar-refractivity contribution in [2.24, 2.45) is 5.73 Å². The van der Waals surface area contributed by atoms with Crippen LogP contribution in [0.3, 0.4) is 0 Å². The van der Waals surface area contributed by atoms with Gasteiger partial charge >= 0.3 is 0 Å². The third-order valence-electron chi connectivity index (χ3n) is 2.72. The molecule has 1 unspecified atom stereocenters. The van der Waals surface area contributed by atoms with E-state index in [4.69, 9.17) is 5.73 Å². The van der Waals surface area contributed by atoms with Gasteiger partial charge in [0.1, 0.15) is 5.69 Å². The van der Waals surface area contributed by atoms with Crippen LogP contribution in [-0.4, -0.2) is 28.0 Å². The molecular formula is C12H22N4O. The predicted octanol–water partition coefficient (Wildman–Crippen LogP) is 1.15. The van der Waals surface area contributed by atoms with Gasteiger partial charge in [-0.25, -0.2) is 4.98 Å². The number of nitrogens with two attached hydrogens (primary N) is 1. The minimum Gasteiger partial charge on any atom is -0.348 e. The summed E-state index contributed by atoms with van der Waals surface area (Å²) in [5, 5.41) is 2.99. The molecule has 0 bridgehead atoms. The number of carbonyl (C=O) groups excluding carboxylic acids is 1. The zero-order valence-electron chi connectivity index (χ0n) is 10.6. The molecule has 0 fully saturated rings. The van der Waals surface area contributed by atoms with Gasteiger partial charge in [0.2, 0.25) is 0 Å². The Labute approximate surface area is 102 Å². The summed E-state index contributed by atoms with van der Waals surface area (Å²) in [6, 6.07) is 0.243. The van der Waals surface area contributed by atoms with Crippen molar-refractivity contribution in [1.29, 1.82) is 0 Å². The number of imidazole rings is 1. The highest BCUT2D eigenvalue weighted by atomic mass is 16.1. The number of nitrogens with zero attached hydrogens (tertiary/aromatic N) is 2. The van der Waals surface area contributed by atoms with E-state index in [0.29, 0.717) is 18.8 Å². The molecule has 17 heavy (non-hydrogen) atoms. The van der Waals surface area contributed by atoms with Gasteiger partial charge in [-0.3, -0.25) is 4.79 Å². The van der Waals surface area contributed by atoms with Crippen molar-refractivity contribution in [2.75, 3.05) is 6.54 Å². The fraction of sp³-hybridized carbons (Fsp3) is 0.667. The van der Waals surface area contributed by atoms with Gasteiger partial charge in [-0.1, -0.05) is 20.3 Å². The summed E-state index contributed by atoms with van der Waals surface area (Å²) in [6.07, 6.45) is 6.40. The van der Waals surface area contributed by atoms with Crippen LogP contribution in [-0.2, 0) is 6.54 Å². The first-order chi connectivity index (χ1) is 8.21. The molecule has 0 aliphatic carbocycles. The Balaban J connectivity index is 2.55. The maximum absolute atomic E-state index is 11.9. The van der Waals surface area contributed by atoms with Crippen molar-refractivity contribution in [3.8, 4) is 0 Å². The molecule has 1 rings (SSSR count). The van der Waals surface area contributed by atoms with Crippen LogP contribution in [0, 0.1) is 0 Å². The van der Waals surface area contributed by atoms with Crippen molar-refractivity contribution in [1.82, 2.24) is 14.9 Å². The van der Waals surface area contributed by atoms with Gasteiger partial charge in [-0.2, -0.15) is 0 Å². The van der Waals surface area contributed by atoms with Gasteiger partial charge in [0.05, 0.1) is 6.33 Å². The maximum atomic E-state index is 11.9. The van der Waals surface area contributed by atoms with Gasteiger partial charge in [0.25, 0.3) is 5.91 Å². The van der Waals surface area contributed by atoms with Crippen LogP contribution in [0.5, 0.6) is 0 Å². The molecule has 0 aliphatic rings. The minimum atomic E-state index is -0.0962. The number of hydrogen-bond donors (Lipinski definition) is 2. The third kappa shape index (κ3) is 4.19. The second-order valence-electron chi connectivity index (χ2n) is 4.15. The normalized spacial score (nSPS) is 12.4. The highest BCUT2D eigenvalue weighted by molar-refractivity contribution is 5.92. The highest BCUT2D eigenvalue weighted by Crippen LogP contribution is 2.03. The van der Waals surface area contributed by atoms with Crippen molar-refractivity contribution >= 4 is 5.91 Å². The molecule has 3 N–H and O–H groups in total. The van der Waals surface area contributed by atoms with Crippen molar-refractivity contribution in [2.45, 2.75) is 45.7 Å². The van der Waals surface area contributed by atoms with Crippen molar-refractivity contribution < 1.29 is 4.79 Å². The second kappa shape index (κ2) is 7.06. The first-order valence-electron chi connectivity index (χ1n) is 6.23. The van der Waals surface area contributed by atoms with Gasteiger partial charge in [-0.15, -0.1) is 0 Å². The fourth-order valence-corrected chi connectivity index (χ4v) is 1.73. The molecule has 1 aromatic heterocycles. The van der Waals surface area contributed by atoms with Crippen molar-refractivity contribution in [3.63, 3.8) is 0 Å². The first kappa shape index (κ1) is 13.7. The van der Waals surface area contributed by atoms with E-state index in [1.54, 1.807) is 12.5 Å². The molecule has 0 saturated heterocycles. The largest absolute Gasteiger partial charge is 0.348 e. The molecule has 0 saturated carbocycles. The molecule has 0 spiro atoms. The van der Waals surface area contributed by atoms with E-state index in [-0.39, 0.29) is 11.9 Å². The van der Waals surface area contributed by atoms with E-state index in [2.05, 4.69) is 24.1 Å². The maximum Gasteiger partial charge on any atom is 0.271 e. The van der Waals surface area contributed by atoms with Crippen LogP contribution in [0.25, 0.3) is 0 Å².